The molecule has 0 N–H and O–H groups in total. The summed E-state index contributed by atoms with van der Waals surface area (Å²) in [6.07, 6.45) is 6.63. The van der Waals surface area contributed by atoms with Gasteiger partial charge in [-0.1, -0.05) is 12.1 Å². The van der Waals surface area contributed by atoms with E-state index in [0.717, 1.165) is 31.0 Å². The van der Waals surface area contributed by atoms with Gasteiger partial charge in [-0.05, 0) is 24.6 Å². The third kappa shape index (κ3) is 1.82. The minimum absolute atomic E-state index is 0.436. The lowest BCUT2D eigenvalue weighted by Crippen LogP contribution is -2.22. The molecule has 1 aliphatic heterocycles. The van der Waals surface area contributed by atoms with Gasteiger partial charge in [-0.2, -0.15) is 0 Å². The number of aromatic nitrogens is 4. The highest BCUT2D eigenvalue weighted by Crippen LogP contribution is 2.27. The largest absolute Gasteiger partial charge is 0.339 e. The lowest BCUT2D eigenvalue weighted by atomic mass is 10.2. The normalized spacial score (nSPS) is 18.8. The predicted molar refractivity (Wildman–Crippen MR) is 77.6 cm³/mol. The van der Waals surface area contributed by atoms with Crippen LogP contribution in [-0.4, -0.2) is 32.6 Å². The average molecular weight is 265 g/mol. The van der Waals surface area contributed by atoms with Crippen molar-refractivity contribution in [2.75, 3.05) is 18.0 Å². The zero-order chi connectivity index (χ0) is 13.4. The minimum atomic E-state index is 0.436. The topological polar surface area (TPSA) is 46.8 Å². The Morgan fingerprint density at radius 3 is 2.75 bits per heavy atom. The van der Waals surface area contributed by atoms with Crippen LogP contribution < -0.4 is 4.90 Å². The van der Waals surface area contributed by atoms with Crippen molar-refractivity contribution in [1.29, 1.82) is 0 Å². The molecule has 1 aliphatic rings. The molecule has 1 atom stereocenters. The Hall–Kier alpha value is -2.43. The lowest BCUT2D eigenvalue weighted by molar-refractivity contribution is 0.566. The number of fused-ring (bicyclic) bond motifs is 1. The highest BCUT2D eigenvalue weighted by molar-refractivity contribution is 5.75. The van der Waals surface area contributed by atoms with Gasteiger partial charge >= 0.3 is 0 Å². The second-order valence-electron chi connectivity index (χ2n) is 5.08. The van der Waals surface area contributed by atoms with Crippen molar-refractivity contribution in [2.24, 2.45) is 0 Å². The first-order valence-corrected chi connectivity index (χ1v) is 6.85. The standard InChI is InChI=1S/C15H15N5/c1-2-5-14-13(4-1)18-11-20(14)12-6-9-19(10-12)15-16-7-3-8-17-15/h1-5,7-8,11-12H,6,9-10H2. The highest BCUT2D eigenvalue weighted by Gasteiger charge is 2.26. The van der Waals surface area contributed by atoms with Crippen molar-refractivity contribution < 1.29 is 0 Å². The number of rotatable bonds is 2. The molecule has 20 heavy (non-hydrogen) atoms. The fourth-order valence-electron chi connectivity index (χ4n) is 2.87. The van der Waals surface area contributed by atoms with Gasteiger partial charge in [0.1, 0.15) is 0 Å². The van der Waals surface area contributed by atoms with Crippen LogP contribution in [0.3, 0.4) is 0 Å². The molecule has 3 heterocycles. The summed E-state index contributed by atoms with van der Waals surface area (Å²) in [4.78, 5) is 15.4. The first-order valence-electron chi connectivity index (χ1n) is 6.85. The third-order valence-electron chi connectivity index (χ3n) is 3.87. The summed E-state index contributed by atoms with van der Waals surface area (Å²) in [5, 5.41) is 0. The van der Waals surface area contributed by atoms with Crippen LogP contribution in [0.25, 0.3) is 11.0 Å². The van der Waals surface area contributed by atoms with Crippen molar-refractivity contribution in [3.05, 3.63) is 49.1 Å². The van der Waals surface area contributed by atoms with Crippen LogP contribution in [0.5, 0.6) is 0 Å². The Balaban J connectivity index is 1.62. The fraction of sp³-hybridized carbons (Fsp3) is 0.267. The molecule has 2 aromatic heterocycles. The van der Waals surface area contributed by atoms with E-state index in [0.29, 0.717) is 6.04 Å². The fourth-order valence-corrected chi connectivity index (χ4v) is 2.87. The SMILES string of the molecule is c1cnc(N2CCC(n3cnc4ccccc43)C2)nc1. The second-order valence-corrected chi connectivity index (χ2v) is 5.08. The molecule has 0 bridgehead atoms. The number of para-hydroxylation sites is 2. The van der Waals surface area contributed by atoms with Gasteiger partial charge in [-0.25, -0.2) is 15.0 Å². The Labute approximate surface area is 116 Å². The number of nitrogens with zero attached hydrogens (tertiary/aromatic N) is 5. The van der Waals surface area contributed by atoms with Crippen molar-refractivity contribution in [3.63, 3.8) is 0 Å². The maximum atomic E-state index is 4.47. The molecule has 4 rings (SSSR count). The van der Waals surface area contributed by atoms with Crippen molar-refractivity contribution >= 4 is 17.0 Å². The first-order chi connectivity index (χ1) is 9.92. The molecule has 3 aromatic rings. The van der Waals surface area contributed by atoms with E-state index in [1.807, 2.05) is 18.5 Å². The van der Waals surface area contributed by atoms with Crippen LogP contribution in [0.4, 0.5) is 5.95 Å². The van der Waals surface area contributed by atoms with E-state index in [9.17, 15) is 0 Å². The third-order valence-corrected chi connectivity index (χ3v) is 3.87. The molecular weight excluding hydrogens is 250 g/mol. The molecule has 5 nitrogen and oxygen atoms in total. The number of benzene rings is 1. The summed E-state index contributed by atoms with van der Waals surface area (Å²) in [6, 6.07) is 10.6. The maximum Gasteiger partial charge on any atom is 0.225 e. The van der Waals surface area contributed by atoms with Crippen LogP contribution in [0.15, 0.2) is 49.1 Å². The summed E-state index contributed by atoms with van der Waals surface area (Å²) in [5.74, 6) is 0.819. The molecule has 1 saturated heterocycles. The first kappa shape index (κ1) is 11.4. The van der Waals surface area contributed by atoms with Crippen molar-refractivity contribution in [2.45, 2.75) is 12.5 Å². The van der Waals surface area contributed by atoms with E-state index in [1.54, 1.807) is 12.4 Å². The highest BCUT2D eigenvalue weighted by atomic mass is 15.3. The Kier molecular flexibility index (Phi) is 2.62. The second kappa shape index (κ2) is 4.59. The van der Waals surface area contributed by atoms with Crippen LogP contribution in [0.2, 0.25) is 0 Å². The zero-order valence-corrected chi connectivity index (χ0v) is 11.1. The zero-order valence-electron chi connectivity index (χ0n) is 11.1. The van der Waals surface area contributed by atoms with Gasteiger partial charge in [-0.15, -0.1) is 0 Å². The van der Waals surface area contributed by atoms with Crippen LogP contribution in [-0.2, 0) is 0 Å². The predicted octanol–water partition coefficient (Wildman–Crippen LogP) is 2.28. The van der Waals surface area contributed by atoms with E-state index in [-0.39, 0.29) is 0 Å². The summed E-state index contributed by atoms with van der Waals surface area (Å²) in [6.45, 7) is 1.92. The van der Waals surface area contributed by atoms with Crippen LogP contribution in [0.1, 0.15) is 12.5 Å². The molecule has 0 aliphatic carbocycles. The molecule has 100 valence electrons. The summed E-state index contributed by atoms with van der Waals surface area (Å²) in [7, 11) is 0. The van der Waals surface area contributed by atoms with E-state index < -0.39 is 0 Å². The molecule has 5 heteroatoms. The molecule has 1 aromatic carbocycles. The van der Waals surface area contributed by atoms with Gasteiger partial charge in [0.05, 0.1) is 23.4 Å². The summed E-state index contributed by atoms with van der Waals surface area (Å²) in [5.41, 5.74) is 2.26. The van der Waals surface area contributed by atoms with E-state index >= 15 is 0 Å². The van der Waals surface area contributed by atoms with Crippen LogP contribution in [0, 0.1) is 0 Å². The average Bonchev–Trinajstić information content (AvgIpc) is 3.14. The number of anilines is 1. The number of hydrogen-bond acceptors (Lipinski definition) is 4. The van der Waals surface area contributed by atoms with Crippen molar-refractivity contribution in [3.8, 4) is 0 Å². The number of hydrogen-bond donors (Lipinski definition) is 0. The summed E-state index contributed by atoms with van der Waals surface area (Å²) >= 11 is 0. The molecule has 0 amide bonds. The van der Waals surface area contributed by atoms with E-state index in [4.69, 9.17) is 0 Å². The van der Waals surface area contributed by atoms with Crippen molar-refractivity contribution in [1.82, 2.24) is 19.5 Å². The maximum absolute atomic E-state index is 4.47. The van der Waals surface area contributed by atoms with Gasteiger partial charge < -0.3 is 9.47 Å². The Morgan fingerprint density at radius 1 is 1.00 bits per heavy atom. The van der Waals surface area contributed by atoms with Gasteiger partial charge in [0.2, 0.25) is 5.95 Å². The molecule has 0 radical (unpaired) electrons. The lowest BCUT2D eigenvalue weighted by Gasteiger charge is -2.16. The molecular formula is C15H15N5. The van der Waals surface area contributed by atoms with Gasteiger partial charge in [0, 0.05) is 25.5 Å². The van der Waals surface area contributed by atoms with E-state index in [1.165, 1.54) is 5.52 Å². The molecule has 1 unspecified atom stereocenters. The van der Waals surface area contributed by atoms with Gasteiger partial charge in [0.25, 0.3) is 0 Å². The minimum Gasteiger partial charge on any atom is -0.339 e. The monoisotopic (exact) mass is 265 g/mol. The Morgan fingerprint density at radius 2 is 1.85 bits per heavy atom. The van der Waals surface area contributed by atoms with Crippen LogP contribution >= 0.6 is 0 Å². The molecule has 1 fully saturated rings. The van der Waals surface area contributed by atoms with Gasteiger partial charge in [0.15, 0.2) is 0 Å². The van der Waals surface area contributed by atoms with Gasteiger partial charge in [-0.3, -0.25) is 0 Å². The molecule has 0 saturated carbocycles. The van der Waals surface area contributed by atoms with E-state index in [2.05, 4.69) is 42.6 Å². The quantitative estimate of drug-likeness (QED) is 0.713. The Bertz CT molecular complexity index is 721. The smallest absolute Gasteiger partial charge is 0.225 e. The molecule has 0 spiro atoms. The summed E-state index contributed by atoms with van der Waals surface area (Å²) < 4.78 is 2.28. The number of imidazole rings is 1.